The van der Waals surface area contributed by atoms with E-state index in [-0.39, 0.29) is 11.5 Å². The van der Waals surface area contributed by atoms with E-state index in [0.29, 0.717) is 17.6 Å². The number of carbonyl (C=O) groups is 1. The van der Waals surface area contributed by atoms with E-state index in [1.165, 1.54) is 0 Å². The van der Waals surface area contributed by atoms with Gasteiger partial charge in [-0.25, -0.2) is 0 Å². The molecule has 1 aliphatic heterocycles. The average molecular weight is 390 g/mol. The van der Waals surface area contributed by atoms with Crippen molar-refractivity contribution in [2.45, 2.75) is 13.5 Å². The standard InChI is InChI=1S/C23H26N4O2/c1-3-4-11-27-16-20(19-9-10-24-21(19)23(27)29)17-5-7-18(8-6-17)22(28)26-14-12-25(2)13-15-26/h3-10,16,24H,11-15H2,1-2H3/b4-3+. The molecule has 29 heavy (non-hydrogen) atoms. The predicted octanol–water partition coefficient (Wildman–Crippen LogP) is 2.96. The van der Waals surface area contributed by atoms with Crippen LogP contribution in [0.4, 0.5) is 0 Å². The first kappa shape index (κ1) is 19.2. The van der Waals surface area contributed by atoms with Crippen LogP contribution in [-0.2, 0) is 6.54 Å². The summed E-state index contributed by atoms with van der Waals surface area (Å²) < 4.78 is 1.71. The zero-order chi connectivity index (χ0) is 20.4. The second-order valence-electron chi connectivity index (χ2n) is 7.51. The highest BCUT2D eigenvalue weighted by atomic mass is 16.2. The van der Waals surface area contributed by atoms with E-state index in [4.69, 9.17) is 0 Å². The van der Waals surface area contributed by atoms with Crippen LogP contribution in [0, 0.1) is 0 Å². The van der Waals surface area contributed by atoms with E-state index in [1.807, 2.05) is 60.5 Å². The molecular formula is C23H26N4O2. The lowest BCUT2D eigenvalue weighted by molar-refractivity contribution is 0.0664. The van der Waals surface area contributed by atoms with Crippen LogP contribution < -0.4 is 5.56 Å². The number of nitrogens with one attached hydrogen (secondary N) is 1. The molecule has 0 radical (unpaired) electrons. The van der Waals surface area contributed by atoms with E-state index >= 15 is 0 Å². The number of hydrogen-bond donors (Lipinski definition) is 1. The van der Waals surface area contributed by atoms with E-state index in [0.717, 1.165) is 42.7 Å². The molecule has 4 rings (SSSR count). The van der Waals surface area contributed by atoms with Crippen molar-refractivity contribution < 1.29 is 4.79 Å². The van der Waals surface area contributed by atoms with Gasteiger partial charge in [-0.3, -0.25) is 9.59 Å². The minimum Gasteiger partial charge on any atom is -0.357 e. The summed E-state index contributed by atoms with van der Waals surface area (Å²) >= 11 is 0. The molecule has 0 bridgehead atoms. The number of amides is 1. The van der Waals surface area contributed by atoms with Crippen molar-refractivity contribution in [2.75, 3.05) is 33.2 Å². The SMILES string of the molecule is C/C=C/Cn1cc(-c2ccc(C(=O)N3CCN(C)CC3)cc2)c2cc[nH]c2c1=O. The number of allylic oxidation sites excluding steroid dienone is 2. The van der Waals surface area contributed by atoms with Gasteiger partial charge < -0.3 is 19.4 Å². The second-order valence-corrected chi connectivity index (χ2v) is 7.51. The lowest BCUT2D eigenvalue weighted by Crippen LogP contribution is -2.47. The first-order valence-corrected chi connectivity index (χ1v) is 9.98. The summed E-state index contributed by atoms with van der Waals surface area (Å²) in [6.07, 6.45) is 7.58. The summed E-state index contributed by atoms with van der Waals surface area (Å²) in [6.45, 7) is 5.80. The third-order valence-electron chi connectivity index (χ3n) is 5.57. The fourth-order valence-electron chi connectivity index (χ4n) is 3.77. The van der Waals surface area contributed by atoms with Crippen molar-refractivity contribution >= 4 is 16.8 Å². The molecule has 1 saturated heterocycles. The Morgan fingerprint density at radius 1 is 1.10 bits per heavy atom. The van der Waals surface area contributed by atoms with Gasteiger partial charge in [-0.1, -0.05) is 24.3 Å². The zero-order valence-electron chi connectivity index (χ0n) is 16.9. The molecule has 6 heteroatoms. The van der Waals surface area contributed by atoms with Gasteiger partial charge in [0, 0.05) is 61.6 Å². The number of piperazine rings is 1. The van der Waals surface area contributed by atoms with Crippen LogP contribution in [0.25, 0.3) is 22.0 Å². The highest BCUT2D eigenvalue weighted by Gasteiger charge is 2.20. The van der Waals surface area contributed by atoms with Crippen LogP contribution in [0.2, 0.25) is 0 Å². The molecule has 1 fully saturated rings. The number of pyridine rings is 1. The van der Waals surface area contributed by atoms with Crippen LogP contribution in [0.1, 0.15) is 17.3 Å². The zero-order valence-corrected chi connectivity index (χ0v) is 16.9. The van der Waals surface area contributed by atoms with E-state index < -0.39 is 0 Å². The topological polar surface area (TPSA) is 61.3 Å². The predicted molar refractivity (Wildman–Crippen MR) is 116 cm³/mol. The van der Waals surface area contributed by atoms with Gasteiger partial charge in [-0.15, -0.1) is 0 Å². The second kappa shape index (κ2) is 8.09. The van der Waals surface area contributed by atoms with Crippen molar-refractivity contribution in [2.24, 2.45) is 0 Å². The Hall–Kier alpha value is -3.12. The minimum atomic E-state index is -0.0336. The molecule has 1 aromatic carbocycles. The Kier molecular flexibility index (Phi) is 5.36. The molecule has 0 atom stereocenters. The van der Waals surface area contributed by atoms with Gasteiger partial charge in [0.1, 0.15) is 5.52 Å². The largest absolute Gasteiger partial charge is 0.357 e. The third-order valence-corrected chi connectivity index (χ3v) is 5.57. The van der Waals surface area contributed by atoms with Gasteiger partial charge in [-0.05, 0) is 37.7 Å². The van der Waals surface area contributed by atoms with Gasteiger partial charge >= 0.3 is 0 Å². The first-order valence-electron chi connectivity index (χ1n) is 9.98. The number of rotatable bonds is 4. The van der Waals surface area contributed by atoms with Gasteiger partial charge in [0.05, 0.1) is 0 Å². The highest BCUT2D eigenvalue weighted by Crippen LogP contribution is 2.27. The lowest BCUT2D eigenvalue weighted by atomic mass is 10.0. The molecule has 1 amide bonds. The van der Waals surface area contributed by atoms with E-state index in [1.54, 1.807) is 10.8 Å². The molecule has 1 N–H and O–H groups in total. The lowest BCUT2D eigenvalue weighted by Gasteiger charge is -2.32. The fraction of sp³-hybridized carbons (Fsp3) is 0.304. The Morgan fingerprint density at radius 2 is 1.83 bits per heavy atom. The number of fused-ring (bicyclic) bond motifs is 1. The highest BCUT2D eigenvalue weighted by molar-refractivity contribution is 5.97. The molecule has 0 aliphatic carbocycles. The van der Waals surface area contributed by atoms with Crippen molar-refractivity contribution in [1.82, 2.24) is 19.4 Å². The molecule has 0 saturated carbocycles. The van der Waals surface area contributed by atoms with Crippen molar-refractivity contribution in [3.63, 3.8) is 0 Å². The summed E-state index contributed by atoms with van der Waals surface area (Å²) in [5.41, 5.74) is 3.23. The molecule has 0 unspecified atom stereocenters. The summed E-state index contributed by atoms with van der Waals surface area (Å²) in [5, 5.41) is 0.893. The molecule has 0 spiro atoms. The number of carbonyl (C=O) groups excluding carboxylic acids is 1. The summed E-state index contributed by atoms with van der Waals surface area (Å²) in [4.78, 5) is 32.7. The maximum atomic E-state index is 12.8. The van der Waals surface area contributed by atoms with Crippen molar-refractivity contribution in [3.05, 3.63) is 70.8 Å². The van der Waals surface area contributed by atoms with Gasteiger partial charge in [0.25, 0.3) is 11.5 Å². The minimum absolute atomic E-state index is 0.0336. The molecule has 6 nitrogen and oxygen atoms in total. The number of aromatic nitrogens is 2. The van der Waals surface area contributed by atoms with Gasteiger partial charge in [-0.2, -0.15) is 0 Å². The van der Waals surface area contributed by atoms with Crippen LogP contribution in [-0.4, -0.2) is 58.5 Å². The third kappa shape index (κ3) is 3.76. The normalized spacial score (nSPS) is 15.4. The van der Waals surface area contributed by atoms with Crippen LogP contribution in [0.3, 0.4) is 0 Å². The Labute approximate surface area is 170 Å². The number of likely N-dealkylation sites (N-methyl/N-ethyl adjacent to an activating group) is 1. The molecular weight excluding hydrogens is 364 g/mol. The van der Waals surface area contributed by atoms with Crippen LogP contribution >= 0.6 is 0 Å². The van der Waals surface area contributed by atoms with Crippen LogP contribution in [0.15, 0.2) is 59.7 Å². The summed E-state index contributed by atoms with van der Waals surface area (Å²) in [6, 6.07) is 9.63. The number of H-pyrrole nitrogens is 1. The maximum Gasteiger partial charge on any atom is 0.275 e. The monoisotopic (exact) mass is 390 g/mol. The van der Waals surface area contributed by atoms with E-state index in [2.05, 4.69) is 16.9 Å². The van der Waals surface area contributed by atoms with Crippen molar-refractivity contribution in [1.29, 1.82) is 0 Å². The molecule has 2 aromatic heterocycles. The molecule has 150 valence electrons. The van der Waals surface area contributed by atoms with Gasteiger partial charge in [0.15, 0.2) is 0 Å². The quantitative estimate of drug-likeness (QED) is 0.697. The smallest absolute Gasteiger partial charge is 0.275 e. The number of aromatic amines is 1. The number of nitrogens with zero attached hydrogens (tertiary/aromatic N) is 3. The van der Waals surface area contributed by atoms with Crippen molar-refractivity contribution in [3.8, 4) is 11.1 Å². The average Bonchev–Trinajstić information content (AvgIpc) is 3.24. The molecule has 3 aromatic rings. The molecule has 1 aliphatic rings. The number of hydrogen-bond acceptors (Lipinski definition) is 3. The Balaban J connectivity index is 1.66. The number of benzene rings is 1. The fourth-order valence-corrected chi connectivity index (χ4v) is 3.77. The molecule has 3 heterocycles. The Morgan fingerprint density at radius 3 is 2.52 bits per heavy atom. The maximum absolute atomic E-state index is 12.8. The van der Waals surface area contributed by atoms with Crippen LogP contribution in [0.5, 0.6) is 0 Å². The van der Waals surface area contributed by atoms with Gasteiger partial charge in [0.2, 0.25) is 0 Å². The Bertz CT molecular complexity index is 1100. The van der Waals surface area contributed by atoms with E-state index in [9.17, 15) is 9.59 Å². The summed E-state index contributed by atoms with van der Waals surface area (Å²) in [5.74, 6) is 0.0782. The summed E-state index contributed by atoms with van der Waals surface area (Å²) in [7, 11) is 2.08. The first-order chi connectivity index (χ1) is 14.1.